The van der Waals surface area contributed by atoms with Crippen LogP contribution in [0, 0.1) is 6.92 Å². The van der Waals surface area contributed by atoms with E-state index in [0.717, 1.165) is 12.7 Å². The quantitative estimate of drug-likeness (QED) is 0.528. The molecule has 1 aromatic rings. The Balaban J connectivity index is -0.000000149. The molecule has 0 aliphatic heterocycles. The minimum Gasteiger partial charge on any atom is -0.400 e. The van der Waals surface area contributed by atoms with Gasteiger partial charge in [-0.25, -0.2) is 0 Å². The van der Waals surface area contributed by atoms with Crippen molar-refractivity contribution in [2.75, 3.05) is 7.11 Å². The molecular weight excluding hydrogens is 213 g/mol. The third-order valence-electron chi connectivity index (χ3n) is 0.843. The number of hydrogen-bond acceptors (Lipinski definition) is 1. The number of rotatable bonds is 0. The van der Waals surface area contributed by atoms with Crippen LogP contribution in [-0.4, -0.2) is 12.2 Å². The van der Waals surface area contributed by atoms with Crippen molar-refractivity contribution in [3.8, 4) is 0 Å². The topological polar surface area (TPSA) is 20.2 Å². The predicted molar refractivity (Wildman–Crippen MR) is 46.3 cm³/mol. The van der Waals surface area contributed by atoms with Crippen molar-refractivity contribution in [2.24, 2.45) is 0 Å². The van der Waals surface area contributed by atoms with Gasteiger partial charge in [-0.05, 0) is 0 Å². The zero-order chi connectivity index (χ0) is 7.11. The first-order chi connectivity index (χ1) is 4.39. The third-order valence-corrected chi connectivity index (χ3v) is 0.843. The fourth-order valence-corrected chi connectivity index (χ4v) is 0.478. The average Bonchev–Trinajstić information content (AvgIpc) is 1.94. The molecule has 1 aromatic carbocycles. The monoisotopic (exact) mass is 223 g/mol. The Hall–Kier alpha value is -0.0366. The number of benzene rings is 1. The second-order valence-corrected chi connectivity index (χ2v) is 1.49. The Morgan fingerprint density at radius 3 is 1.64 bits per heavy atom. The number of aliphatic hydroxyl groups excluding tert-OH is 1. The molecule has 0 aromatic heterocycles. The van der Waals surface area contributed by atoms with Crippen molar-refractivity contribution >= 4 is 12.4 Å². The van der Waals surface area contributed by atoms with E-state index in [9.17, 15) is 0 Å². The summed E-state index contributed by atoms with van der Waals surface area (Å²) < 4.78 is 0. The zero-order valence-electron chi connectivity index (χ0n) is 6.66. The first-order valence-electron chi connectivity index (χ1n) is 2.71. The molecule has 1 N–H and O–H groups in total. The van der Waals surface area contributed by atoms with Crippen molar-refractivity contribution in [2.45, 2.75) is 0 Å². The Bertz CT molecular complexity index is 144. The number of halogens is 1. The van der Waals surface area contributed by atoms with Gasteiger partial charge in [0.15, 0.2) is 0 Å². The van der Waals surface area contributed by atoms with Gasteiger partial charge < -0.3 is 5.11 Å². The molecule has 60 valence electrons. The van der Waals surface area contributed by atoms with Crippen molar-refractivity contribution in [1.29, 1.82) is 0 Å². The van der Waals surface area contributed by atoms with E-state index in [1.54, 1.807) is 0 Å². The van der Waals surface area contributed by atoms with Crippen LogP contribution >= 0.6 is 12.4 Å². The maximum atomic E-state index is 7.00. The van der Waals surface area contributed by atoms with E-state index in [-0.39, 0.29) is 31.9 Å². The van der Waals surface area contributed by atoms with Crippen LogP contribution in [-0.2, 0) is 19.5 Å². The van der Waals surface area contributed by atoms with Crippen LogP contribution in [0.3, 0.4) is 0 Å². The van der Waals surface area contributed by atoms with Gasteiger partial charge in [0.1, 0.15) is 0 Å². The predicted octanol–water partition coefficient (Wildman–Crippen LogP) is 1.90. The van der Waals surface area contributed by atoms with Crippen LogP contribution in [0.5, 0.6) is 0 Å². The summed E-state index contributed by atoms with van der Waals surface area (Å²) in [5, 5.41) is 7.00. The Kier molecular flexibility index (Phi) is 19.7. The van der Waals surface area contributed by atoms with Gasteiger partial charge in [0.05, 0.1) is 0 Å². The van der Waals surface area contributed by atoms with E-state index in [2.05, 4.69) is 6.92 Å². The summed E-state index contributed by atoms with van der Waals surface area (Å²) in [6.07, 6.45) is 0. The summed E-state index contributed by atoms with van der Waals surface area (Å²) in [5.74, 6) is 0. The van der Waals surface area contributed by atoms with Gasteiger partial charge in [0.2, 0.25) is 0 Å². The number of aliphatic hydroxyl groups is 1. The molecule has 0 bridgehead atoms. The van der Waals surface area contributed by atoms with Gasteiger partial charge in [0.25, 0.3) is 0 Å². The number of hydrogen-bond donors (Lipinski definition) is 1. The van der Waals surface area contributed by atoms with Crippen LogP contribution in [0.1, 0.15) is 5.56 Å². The molecule has 0 saturated heterocycles. The standard InChI is InChI=1S/C7H7.CH4O.ClH.Zn/c1-7-5-3-2-4-6-7;1-2;;/h2-6H,1H2;2H,1H3;1H;/q-1;;;. The fraction of sp³-hybridized carbons (Fsp3) is 0.125. The molecule has 11 heavy (non-hydrogen) atoms. The summed E-state index contributed by atoms with van der Waals surface area (Å²) in [6.45, 7) is 3.72. The van der Waals surface area contributed by atoms with Gasteiger partial charge in [-0.2, -0.15) is 24.6 Å². The summed E-state index contributed by atoms with van der Waals surface area (Å²) in [5.41, 5.74) is 1.07. The third kappa shape index (κ3) is 9.96. The molecule has 0 atom stereocenters. The molecular formula is C8H12ClOZn-. The van der Waals surface area contributed by atoms with Gasteiger partial charge in [-0.1, -0.05) is 6.07 Å². The Morgan fingerprint density at radius 2 is 1.45 bits per heavy atom. The first kappa shape index (κ1) is 17.2. The summed E-state index contributed by atoms with van der Waals surface area (Å²) in [4.78, 5) is 0. The van der Waals surface area contributed by atoms with E-state index in [4.69, 9.17) is 5.11 Å². The molecule has 0 amide bonds. The smallest absolute Gasteiger partial charge is 0.0319 e. The average molecular weight is 225 g/mol. The SMILES string of the molecule is CO.Cl.[CH2-]c1ccccc1.[Zn]. The molecule has 1 rings (SSSR count). The molecule has 0 aliphatic rings. The summed E-state index contributed by atoms with van der Waals surface area (Å²) in [6, 6.07) is 9.87. The molecule has 0 spiro atoms. The first-order valence-corrected chi connectivity index (χ1v) is 2.71. The Labute approximate surface area is 87.0 Å². The van der Waals surface area contributed by atoms with Crippen LogP contribution in [0.2, 0.25) is 0 Å². The zero-order valence-corrected chi connectivity index (χ0v) is 10.4. The molecule has 0 heterocycles. The van der Waals surface area contributed by atoms with Crippen LogP contribution < -0.4 is 0 Å². The summed E-state index contributed by atoms with van der Waals surface area (Å²) >= 11 is 0. The normalized spacial score (nSPS) is 6.00. The minimum atomic E-state index is 0. The van der Waals surface area contributed by atoms with Gasteiger partial charge in [-0.3, -0.25) is 0 Å². The van der Waals surface area contributed by atoms with E-state index in [0.29, 0.717) is 0 Å². The Morgan fingerprint density at radius 1 is 1.09 bits per heavy atom. The molecule has 0 saturated carbocycles. The molecule has 0 radical (unpaired) electrons. The molecule has 0 aliphatic carbocycles. The molecule has 3 heteroatoms. The maximum absolute atomic E-state index is 7.00. The second-order valence-electron chi connectivity index (χ2n) is 1.49. The van der Waals surface area contributed by atoms with Gasteiger partial charge in [0, 0.05) is 26.6 Å². The molecule has 1 nitrogen and oxygen atoms in total. The van der Waals surface area contributed by atoms with Crippen LogP contribution in [0.25, 0.3) is 0 Å². The van der Waals surface area contributed by atoms with Crippen LogP contribution in [0.15, 0.2) is 30.3 Å². The van der Waals surface area contributed by atoms with E-state index in [1.165, 1.54) is 0 Å². The molecule has 0 unspecified atom stereocenters. The maximum Gasteiger partial charge on any atom is 0.0319 e. The van der Waals surface area contributed by atoms with E-state index in [1.807, 2.05) is 30.3 Å². The minimum absolute atomic E-state index is 0. The van der Waals surface area contributed by atoms with Crippen molar-refractivity contribution < 1.29 is 24.6 Å². The summed E-state index contributed by atoms with van der Waals surface area (Å²) in [7, 11) is 1.00. The van der Waals surface area contributed by atoms with Crippen molar-refractivity contribution in [3.63, 3.8) is 0 Å². The van der Waals surface area contributed by atoms with Crippen LogP contribution in [0.4, 0.5) is 0 Å². The largest absolute Gasteiger partial charge is 0.400 e. The molecule has 0 fully saturated rings. The fourth-order valence-electron chi connectivity index (χ4n) is 0.478. The van der Waals surface area contributed by atoms with Gasteiger partial charge in [-0.15, -0.1) is 24.5 Å². The van der Waals surface area contributed by atoms with Gasteiger partial charge >= 0.3 is 0 Å². The van der Waals surface area contributed by atoms with E-state index >= 15 is 0 Å². The van der Waals surface area contributed by atoms with Crippen molar-refractivity contribution in [3.05, 3.63) is 42.8 Å². The second kappa shape index (κ2) is 12.6. The van der Waals surface area contributed by atoms with E-state index < -0.39 is 0 Å². The van der Waals surface area contributed by atoms with Crippen molar-refractivity contribution in [1.82, 2.24) is 0 Å².